The van der Waals surface area contributed by atoms with Crippen molar-refractivity contribution in [1.29, 1.82) is 0 Å². The summed E-state index contributed by atoms with van der Waals surface area (Å²) in [5.41, 5.74) is 2.21. The molecule has 7 nitrogen and oxygen atoms in total. The molecule has 8 heteroatoms. The molecular weight excluding hydrogens is 398 g/mol. The van der Waals surface area contributed by atoms with Crippen LogP contribution < -0.4 is 19.7 Å². The zero-order chi connectivity index (χ0) is 21.3. The Kier molecular flexibility index (Phi) is 8.19. The highest BCUT2D eigenvalue weighted by atomic mass is 32.1. The highest BCUT2D eigenvalue weighted by Crippen LogP contribution is 2.26. The number of rotatable bonds is 9. The number of aliphatic imine (C=N–C) groups is 1. The lowest BCUT2D eigenvalue weighted by Gasteiger charge is -2.23. The first-order valence-corrected chi connectivity index (χ1v) is 11.4. The highest BCUT2D eigenvalue weighted by Gasteiger charge is 2.16. The number of benzene rings is 1. The second-order valence-corrected chi connectivity index (χ2v) is 8.17. The molecule has 0 unspecified atom stereocenters. The first-order chi connectivity index (χ1) is 14.6. The van der Waals surface area contributed by atoms with Gasteiger partial charge in [-0.1, -0.05) is 0 Å². The Hall–Kier alpha value is -2.48. The van der Waals surface area contributed by atoms with Crippen LogP contribution in [0.15, 0.2) is 28.6 Å². The van der Waals surface area contributed by atoms with Gasteiger partial charge in [-0.15, -0.1) is 11.3 Å². The van der Waals surface area contributed by atoms with E-state index < -0.39 is 0 Å². The molecule has 1 aliphatic rings. The summed E-state index contributed by atoms with van der Waals surface area (Å²) < 4.78 is 10.8. The average Bonchev–Trinajstić information content (AvgIpc) is 3.45. The third kappa shape index (κ3) is 5.78. The number of hydrogen-bond acceptors (Lipinski definition) is 6. The van der Waals surface area contributed by atoms with Crippen LogP contribution in [0, 0.1) is 0 Å². The monoisotopic (exact) mass is 431 g/mol. The summed E-state index contributed by atoms with van der Waals surface area (Å²) in [4.78, 5) is 14.1. The minimum atomic E-state index is 0.689. The lowest BCUT2D eigenvalue weighted by molar-refractivity contribution is 0.382. The second-order valence-electron chi connectivity index (χ2n) is 7.34. The van der Waals surface area contributed by atoms with Crippen LogP contribution in [0.1, 0.15) is 31.0 Å². The van der Waals surface area contributed by atoms with Gasteiger partial charge in [0.05, 0.1) is 19.9 Å². The van der Waals surface area contributed by atoms with Crippen LogP contribution in [0.5, 0.6) is 11.5 Å². The number of methoxy groups -OCH3 is 2. The fraction of sp³-hybridized carbons (Fsp3) is 0.545. The summed E-state index contributed by atoms with van der Waals surface area (Å²) in [5.74, 6) is 2.48. The van der Waals surface area contributed by atoms with Gasteiger partial charge in [-0.2, -0.15) is 0 Å². The fourth-order valence-corrected chi connectivity index (χ4v) is 4.44. The summed E-state index contributed by atoms with van der Waals surface area (Å²) in [5, 5.41) is 6.71. The van der Waals surface area contributed by atoms with Gasteiger partial charge in [-0.3, -0.25) is 4.99 Å². The topological polar surface area (TPSA) is 62.2 Å². The average molecular weight is 432 g/mol. The predicted octanol–water partition coefficient (Wildman–Crippen LogP) is 3.40. The number of guanidine groups is 1. The molecule has 0 amide bonds. The van der Waals surface area contributed by atoms with E-state index in [2.05, 4.69) is 27.4 Å². The minimum Gasteiger partial charge on any atom is -0.497 e. The van der Waals surface area contributed by atoms with Crippen molar-refractivity contribution >= 4 is 22.4 Å². The molecule has 0 atom stereocenters. The summed E-state index contributed by atoms with van der Waals surface area (Å²) in [7, 11) is 5.38. The summed E-state index contributed by atoms with van der Waals surface area (Å²) in [6, 6.07) is 5.90. The highest BCUT2D eigenvalue weighted by molar-refractivity contribution is 7.13. The molecule has 1 aliphatic heterocycles. The van der Waals surface area contributed by atoms with Gasteiger partial charge in [0.2, 0.25) is 0 Å². The Bertz CT molecular complexity index is 833. The number of aromatic nitrogens is 1. The molecule has 2 aromatic rings. The normalized spacial score (nSPS) is 14.1. The molecule has 1 saturated heterocycles. The maximum absolute atomic E-state index is 5.53. The van der Waals surface area contributed by atoms with Crippen LogP contribution >= 0.6 is 11.3 Å². The number of anilines is 1. The smallest absolute Gasteiger partial charge is 0.193 e. The van der Waals surface area contributed by atoms with Crippen molar-refractivity contribution in [2.45, 2.75) is 32.7 Å². The van der Waals surface area contributed by atoms with E-state index in [1.807, 2.05) is 25.2 Å². The van der Waals surface area contributed by atoms with E-state index >= 15 is 0 Å². The van der Waals surface area contributed by atoms with Crippen LogP contribution in [-0.2, 0) is 13.0 Å². The number of thiazole rings is 1. The van der Waals surface area contributed by atoms with Gasteiger partial charge in [0, 0.05) is 63.2 Å². The van der Waals surface area contributed by atoms with Gasteiger partial charge < -0.3 is 24.6 Å². The van der Waals surface area contributed by atoms with Crippen LogP contribution in [0.3, 0.4) is 0 Å². The molecule has 0 saturated carbocycles. The molecule has 1 fully saturated rings. The van der Waals surface area contributed by atoms with Crippen LogP contribution in [-0.4, -0.2) is 63.3 Å². The van der Waals surface area contributed by atoms with Gasteiger partial charge in [-0.05, 0) is 31.9 Å². The Morgan fingerprint density at radius 1 is 1.27 bits per heavy atom. The molecule has 1 aromatic heterocycles. The van der Waals surface area contributed by atoms with Crippen molar-refractivity contribution in [3.05, 3.63) is 34.8 Å². The zero-order valence-corrected chi connectivity index (χ0v) is 19.3. The molecular formula is C22H33N5O2S. The largest absolute Gasteiger partial charge is 0.497 e. The maximum atomic E-state index is 5.53. The summed E-state index contributed by atoms with van der Waals surface area (Å²) >= 11 is 1.75. The number of nitrogens with zero attached hydrogens (tertiary/aromatic N) is 4. The first kappa shape index (κ1) is 22.2. The second kappa shape index (κ2) is 11.1. The van der Waals surface area contributed by atoms with Crippen molar-refractivity contribution in [2.75, 3.05) is 52.3 Å². The lowest BCUT2D eigenvalue weighted by Crippen LogP contribution is -2.38. The Balaban J connectivity index is 1.61. The zero-order valence-electron chi connectivity index (χ0n) is 18.5. The van der Waals surface area contributed by atoms with E-state index in [-0.39, 0.29) is 0 Å². The summed E-state index contributed by atoms with van der Waals surface area (Å²) in [6.45, 7) is 6.56. The van der Waals surface area contributed by atoms with Gasteiger partial charge >= 0.3 is 0 Å². The number of hydrogen-bond donors (Lipinski definition) is 1. The van der Waals surface area contributed by atoms with Gasteiger partial charge in [0.25, 0.3) is 0 Å². The maximum Gasteiger partial charge on any atom is 0.193 e. The molecule has 164 valence electrons. The van der Waals surface area contributed by atoms with Crippen molar-refractivity contribution in [3.8, 4) is 11.5 Å². The summed E-state index contributed by atoms with van der Waals surface area (Å²) in [6.07, 6.45) is 3.39. The van der Waals surface area contributed by atoms with Crippen molar-refractivity contribution < 1.29 is 9.47 Å². The molecule has 0 radical (unpaired) electrons. The Labute approximate surface area is 183 Å². The van der Waals surface area contributed by atoms with E-state index in [9.17, 15) is 0 Å². The van der Waals surface area contributed by atoms with Gasteiger partial charge in [-0.25, -0.2) is 4.98 Å². The van der Waals surface area contributed by atoms with Crippen molar-refractivity contribution in [2.24, 2.45) is 4.99 Å². The molecule has 2 heterocycles. The van der Waals surface area contributed by atoms with E-state index in [1.165, 1.54) is 12.8 Å². The number of ether oxygens (including phenoxy) is 2. The first-order valence-electron chi connectivity index (χ1n) is 10.5. The third-order valence-electron chi connectivity index (χ3n) is 5.14. The standard InChI is InChI=1S/C22H33N5O2S/c1-5-23-21(26(2)15-17-8-9-19(28-3)14-20(17)29-4)24-11-10-18-16-30-22(25-18)27-12-6-7-13-27/h8-9,14,16H,5-7,10-13,15H2,1-4H3,(H,23,24). The minimum absolute atomic E-state index is 0.689. The van der Waals surface area contributed by atoms with E-state index in [0.717, 1.165) is 59.9 Å². The molecule has 1 N–H and O–H groups in total. The Morgan fingerprint density at radius 3 is 2.77 bits per heavy atom. The molecule has 30 heavy (non-hydrogen) atoms. The van der Waals surface area contributed by atoms with Crippen LogP contribution in [0.4, 0.5) is 5.13 Å². The molecule has 1 aromatic carbocycles. The molecule has 0 bridgehead atoms. The van der Waals surface area contributed by atoms with Gasteiger partial charge in [0.15, 0.2) is 11.1 Å². The van der Waals surface area contributed by atoms with E-state index in [4.69, 9.17) is 19.5 Å². The SMILES string of the molecule is CCNC(=NCCc1csc(N2CCCC2)n1)N(C)Cc1ccc(OC)cc1OC. The van der Waals surface area contributed by atoms with Crippen molar-refractivity contribution in [3.63, 3.8) is 0 Å². The van der Waals surface area contributed by atoms with E-state index in [0.29, 0.717) is 13.1 Å². The fourth-order valence-electron chi connectivity index (χ4n) is 3.52. The molecule has 0 aliphatic carbocycles. The third-order valence-corrected chi connectivity index (χ3v) is 6.09. The Morgan fingerprint density at radius 2 is 2.07 bits per heavy atom. The van der Waals surface area contributed by atoms with Crippen LogP contribution in [0.25, 0.3) is 0 Å². The number of nitrogens with one attached hydrogen (secondary N) is 1. The lowest BCUT2D eigenvalue weighted by atomic mass is 10.2. The molecule has 3 rings (SSSR count). The van der Waals surface area contributed by atoms with Crippen LogP contribution in [0.2, 0.25) is 0 Å². The van der Waals surface area contributed by atoms with E-state index in [1.54, 1.807) is 25.6 Å². The molecule has 0 spiro atoms. The van der Waals surface area contributed by atoms with Gasteiger partial charge in [0.1, 0.15) is 11.5 Å². The predicted molar refractivity (Wildman–Crippen MR) is 124 cm³/mol. The van der Waals surface area contributed by atoms with Crippen molar-refractivity contribution in [1.82, 2.24) is 15.2 Å². The quantitative estimate of drug-likeness (QED) is 0.485.